The summed E-state index contributed by atoms with van der Waals surface area (Å²) in [7, 11) is 0. The molecule has 0 aliphatic carbocycles. The maximum absolute atomic E-state index is 8.50. The average Bonchev–Trinajstić information content (AvgIpc) is 2.49. The highest BCUT2D eigenvalue weighted by Gasteiger charge is 2.16. The number of hydrogen-bond donors (Lipinski definition) is 1. The minimum atomic E-state index is 0.0803. The topological polar surface area (TPSA) is 54.3 Å². The minimum absolute atomic E-state index is 0.0803. The molecule has 0 aromatic heterocycles. The second-order valence-electron chi connectivity index (χ2n) is 5.41. The molecule has 2 unspecified atom stereocenters. The molecule has 1 N–H and O–H groups in total. The summed E-state index contributed by atoms with van der Waals surface area (Å²) in [6.45, 7) is 10.1. The highest BCUT2D eigenvalue weighted by molar-refractivity contribution is 5.29. The van der Waals surface area contributed by atoms with Crippen LogP contribution in [0.15, 0.2) is 24.3 Å². The average molecular weight is 290 g/mol. The Bertz CT molecular complexity index is 437. The molecule has 0 amide bonds. The van der Waals surface area contributed by atoms with Gasteiger partial charge < -0.3 is 14.8 Å². The van der Waals surface area contributed by atoms with Crippen LogP contribution in [0.3, 0.4) is 0 Å². The monoisotopic (exact) mass is 290 g/mol. The molecular weight excluding hydrogens is 264 g/mol. The molecule has 0 heterocycles. The van der Waals surface area contributed by atoms with E-state index in [0.29, 0.717) is 12.0 Å². The van der Waals surface area contributed by atoms with Gasteiger partial charge in [-0.15, -0.1) is 0 Å². The van der Waals surface area contributed by atoms with E-state index in [2.05, 4.69) is 26.1 Å². The third kappa shape index (κ3) is 6.16. The lowest BCUT2D eigenvalue weighted by atomic mass is 10.0. The van der Waals surface area contributed by atoms with Gasteiger partial charge in [-0.05, 0) is 37.5 Å². The molecule has 4 nitrogen and oxygen atoms in total. The number of ether oxygens (including phenoxy) is 2. The van der Waals surface area contributed by atoms with Gasteiger partial charge in [0.15, 0.2) is 6.61 Å². The molecule has 0 saturated heterocycles. The summed E-state index contributed by atoms with van der Waals surface area (Å²) in [5.74, 6) is 1.24. The van der Waals surface area contributed by atoms with Gasteiger partial charge in [-0.2, -0.15) is 5.26 Å². The zero-order chi connectivity index (χ0) is 15.7. The van der Waals surface area contributed by atoms with Crippen molar-refractivity contribution in [2.24, 2.45) is 5.92 Å². The molecule has 0 saturated carbocycles. The van der Waals surface area contributed by atoms with Crippen LogP contribution < -0.4 is 10.1 Å². The van der Waals surface area contributed by atoms with Crippen molar-refractivity contribution in [2.75, 3.05) is 19.8 Å². The van der Waals surface area contributed by atoms with Crippen molar-refractivity contribution in [3.8, 4) is 11.8 Å². The van der Waals surface area contributed by atoms with Gasteiger partial charge in [0.1, 0.15) is 11.8 Å². The minimum Gasteiger partial charge on any atom is -0.479 e. The summed E-state index contributed by atoms with van der Waals surface area (Å²) in [5, 5.41) is 12.1. The molecule has 2 atom stereocenters. The Morgan fingerprint density at radius 2 is 1.86 bits per heavy atom. The van der Waals surface area contributed by atoms with Crippen LogP contribution in [0.2, 0.25) is 0 Å². The van der Waals surface area contributed by atoms with Crippen LogP contribution in [-0.4, -0.2) is 25.9 Å². The van der Waals surface area contributed by atoms with Crippen molar-refractivity contribution in [3.05, 3.63) is 29.8 Å². The van der Waals surface area contributed by atoms with Gasteiger partial charge in [0.05, 0.1) is 6.61 Å². The fourth-order valence-corrected chi connectivity index (χ4v) is 2.06. The molecule has 116 valence electrons. The van der Waals surface area contributed by atoms with E-state index in [-0.39, 0.29) is 12.6 Å². The summed E-state index contributed by atoms with van der Waals surface area (Å²) < 4.78 is 10.8. The molecule has 4 heteroatoms. The Kier molecular flexibility index (Phi) is 7.81. The number of nitriles is 1. The van der Waals surface area contributed by atoms with Crippen LogP contribution in [0.1, 0.15) is 39.3 Å². The van der Waals surface area contributed by atoms with Gasteiger partial charge >= 0.3 is 0 Å². The van der Waals surface area contributed by atoms with Crippen molar-refractivity contribution in [1.29, 1.82) is 5.26 Å². The Hall–Kier alpha value is -1.57. The maximum atomic E-state index is 8.50. The number of benzene rings is 1. The molecule has 1 rings (SSSR count). The lowest BCUT2D eigenvalue weighted by molar-refractivity contribution is 0.104. The predicted molar refractivity (Wildman–Crippen MR) is 84.2 cm³/mol. The summed E-state index contributed by atoms with van der Waals surface area (Å²) >= 11 is 0. The maximum Gasteiger partial charge on any atom is 0.174 e. The molecule has 0 fully saturated rings. The van der Waals surface area contributed by atoms with E-state index >= 15 is 0 Å². The molecule has 0 spiro atoms. The largest absolute Gasteiger partial charge is 0.479 e. The SMILES string of the molecule is CCOCC(NC(C)c1ccc(OCC#N)cc1)C(C)C. The fraction of sp³-hybridized carbons (Fsp3) is 0.588. The first kappa shape index (κ1) is 17.5. The lowest BCUT2D eigenvalue weighted by Crippen LogP contribution is -2.39. The number of hydrogen-bond acceptors (Lipinski definition) is 4. The van der Waals surface area contributed by atoms with Crippen LogP contribution in [0.5, 0.6) is 5.75 Å². The molecule has 1 aromatic rings. The Balaban J connectivity index is 2.60. The number of nitrogens with zero attached hydrogens (tertiary/aromatic N) is 1. The first-order valence-electron chi connectivity index (χ1n) is 7.52. The van der Waals surface area contributed by atoms with Crippen molar-refractivity contribution in [3.63, 3.8) is 0 Å². The van der Waals surface area contributed by atoms with Crippen molar-refractivity contribution in [2.45, 2.75) is 39.8 Å². The Labute approximate surface area is 128 Å². The van der Waals surface area contributed by atoms with Gasteiger partial charge in [-0.3, -0.25) is 0 Å². The zero-order valence-electron chi connectivity index (χ0n) is 13.4. The van der Waals surface area contributed by atoms with E-state index in [1.165, 1.54) is 5.56 Å². The second-order valence-corrected chi connectivity index (χ2v) is 5.41. The van der Waals surface area contributed by atoms with E-state index in [9.17, 15) is 0 Å². The summed E-state index contributed by atoms with van der Waals surface area (Å²) in [5.41, 5.74) is 1.20. The number of rotatable bonds is 9. The summed E-state index contributed by atoms with van der Waals surface area (Å²) in [4.78, 5) is 0. The summed E-state index contributed by atoms with van der Waals surface area (Å²) in [6.07, 6.45) is 0. The van der Waals surface area contributed by atoms with Crippen molar-refractivity contribution < 1.29 is 9.47 Å². The first-order chi connectivity index (χ1) is 10.1. The molecular formula is C17H26N2O2. The van der Waals surface area contributed by atoms with E-state index < -0.39 is 0 Å². The highest BCUT2D eigenvalue weighted by Crippen LogP contribution is 2.19. The van der Waals surface area contributed by atoms with Gasteiger partial charge in [0.2, 0.25) is 0 Å². The van der Waals surface area contributed by atoms with Crippen molar-refractivity contribution >= 4 is 0 Å². The molecule has 1 aromatic carbocycles. The normalized spacial score (nSPS) is 13.7. The van der Waals surface area contributed by atoms with Gasteiger partial charge in [0.25, 0.3) is 0 Å². The lowest BCUT2D eigenvalue weighted by Gasteiger charge is -2.26. The quantitative estimate of drug-likeness (QED) is 0.758. The van der Waals surface area contributed by atoms with Crippen LogP contribution in [0.25, 0.3) is 0 Å². The highest BCUT2D eigenvalue weighted by atomic mass is 16.5. The van der Waals surface area contributed by atoms with Crippen LogP contribution in [0.4, 0.5) is 0 Å². The zero-order valence-corrected chi connectivity index (χ0v) is 13.4. The van der Waals surface area contributed by atoms with Crippen LogP contribution >= 0.6 is 0 Å². The number of nitrogens with one attached hydrogen (secondary N) is 1. The fourth-order valence-electron chi connectivity index (χ4n) is 2.06. The smallest absolute Gasteiger partial charge is 0.174 e. The van der Waals surface area contributed by atoms with E-state index in [1.54, 1.807) is 0 Å². The van der Waals surface area contributed by atoms with Crippen LogP contribution in [-0.2, 0) is 4.74 Å². The Morgan fingerprint density at radius 1 is 1.19 bits per heavy atom. The Morgan fingerprint density at radius 3 is 2.38 bits per heavy atom. The van der Waals surface area contributed by atoms with E-state index in [1.807, 2.05) is 37.3 Å². The van der Waals surface area contributed by atoms with Crippen LogP contribution in [0, 0.1) is 17.2 Å². The third-order valence-electron chi connectivity index (χ3n) is 3.45. The first-order valence-corrected chi connectivity index (χ1v) is 7.52. The molecule has 0 radical (unpaired) electrons. The van der Waals surface area contributed by atoms with Crippen molar-refractivity contribution in [1.82, 2.24) is 5.32 Å². The van der Waals surface area contributed by atoms with E-state index in [0.717, 1.165) is 19.0 Å². The standard InChI is InChI=1S/C17H26N2O2/c1-5-20-12-17(13(2)3)19-14(4)15-6-8-16(9-7-15)21-11-10-18/h6-9,13-14,17,19H,5,11-12H2,1-4H3. The van der Waals surface area contributed by atoms with Gasteiger partial charge in [-0.1, -0.05) is 26.0 Å². The molecule has 21 heavy (non-hydrogen) atoms. The molecule has 0 aliphatic rings. The second kappa shape index (κ2) is 9.38. The molecule has 0 aliphatic heterocycles. The predicted octanol–water partition coefficient (Wildman–Crippen LogP) is 3.30. The van der Waals surface area contributed by atoms with Gasteiger partial charge in [0, 0.05) is 18.7 Å². The van der Waals surface area contributed by atoms with Gasteiger partial charge in [-0.25, -0.2) is 0 Å². The summed E-state index contributed by atoms with van der Waals surface area (Å²) in [6, 6.07) is 10.4. The van der Waals surface area contributed by atoms with E-state index in [4.69, 9.17) is 14.7 Å². The third-order valence-corrected chi connectivity index (χ3v) is 3.45. The molecule has 0 bridgehead atoms.